The predicted molar refractivity (Wildman–Crippen MR) is 73.5 cm³/mol. The molecule has 0 saturated carbocycles. The molecule has 0 aliphatic heterocycles. The number of thiazole rings is 1. The zero-order valence-electron chi connectivity index (χ0n) is 9.37. The van der Waals surface area contributed by atoms with Crippen molar-refractivity contribution < 1.29 is 0 Å². The molecule has 0 fully saturated rings. The first-order valence-corrected chi connectivity index (χ1v) is 7.02. The zero-order valence-corrected chi connectivity index (χ0v) is 10.9. The fourth-order valence-electron chi connectivity index (χ4n) is 2.06. The molecule has 4 heteroatoms. The van der Waals surface area contributed by atoms with E-state index in [2.05, 4.69) is 10.3 Å². The van der Waals surface area contributed by atoms with E-state index in [4.69, 9.17) is 11.6 Å². The van der Waals surface area contributed by atoms with Crippen LogP contribution in [0.25, 0.3) is 0 Å². The average Bonchev–Trinajstić information content (AvgIpc) is 2.74. The Labute approximate surface area is 110 Å². The first-order chi connectivity index (χ1) is 8.31. The maximum atomic E-state index is 5.86. The van der Waals surface area contributed by atoms with Crippen molar-refractivity contribution >= 4 is 33.8 Å². The van der Waals surface area contributed by atoms with Gasteiger partial charge in [-0.15, -0.1) is 11.3 Å². The third-order valence-electron chi connectivity index (χ3n) is 2.94. The van der Waals surface area contributed by atoms with Crippen molar-refractivity contribution in [3.63, 3.8) is 0 Å². The van der Waals surface area contributed by atoms with Gasteiger partial charge in [-0.1, -0.05) is 11.6 Å². The molecular formula is C13H13ClN2S. The van der Waals surface area contributed by atoms with Gasteiger partial charge >= 0.3 is 0 Å². The van der Waals surface area contributed by atoms with Crippen LogP contribution in [0, 0.1) is 0 Å². The molecule has 2 aromatic rings. The summed E-state index contributed by atoms with van der Waals surface area (Å²) in [6.45, 7) is 0. The van der Waals surface area contributed by atoms with Crippen molar-refractivity contribution in [3.05, 3.63) is 39.9 Å². The second-order valence-corrected chi connectivity index (χ2v) is 5.75. The average molecular weight is 265 g/mol. The summed E-state index contributed by atoms with van der Waals surface area (Å²) in [5.74, 6) is 0. The first kappa shape index (κ1) is 11.1. The van der Waals surface area contributed by atoms with E-state index in [0.717, 1.165) is 22.3 Å². The molecule has 88 valence electrons. The molecule has 3 rings (SSSR count). The number of hydrogen-bond donors (Lipinski definition) is 1. The molecule has 1 aliphatic rings. The van der Waals surface area contributed by atoms with Gasteiger partial charge in [-0.2, -0.15) is 0 Å². The van der Waals surface area contributed by atoms with Gasteiger partial charge in [0.15, 0.2) is 5.13 Å². The van der Waals surface area contributed by atoms with Crippen molar-refractivity contribution in [1.82, 2.24) is 4.98 Å². The second-order valence-electron chi connectivity index (χ2n) is 4.23. The highest BCUT2D eigenvalue weighted by Crippen LogP contribution is 2.31. The Kier molecular flexibility index (Phi) is 3.04. The monoisotopic (exact) mass is 264 g/mol. The van der Waals surface area contributed by atoms with Crippen LogP contribution in [0.5, 0.6) is 0 Å². The molecule has 1 heterocycles. The van der Waals surface area contributed by atoms with Gasteiger partial charge in [0.25, 0.3) is 0 Å². The number of nitrogens with zero attached hydrogens (tertiary/aromatic N) is 1. The molecule has 0 spiro atoms. The molecule has 0 unspecified atom stereocenters. The minimum atomic E-state index is 0.758. The summed E-state index contributed by atoms with van der Waals surface area (Å²) in [6, 6.07) is 7.72. The summed E-state index contributed by atoms with van der Waals surface area (Å²) in [7, 11) is 0. The van der Waals surface area contributed by atoms with Crippen LogP contribution in [-0.4, -0.2) is 4.98 Å². The maximum Gasteiger partial charge on any atom is 0.187 e. The molecular weight excluding hydrogens is 252 g/mol. The van der Waals surface area contributed by atoms with Crippen LogP contribution < -0.4 is 5.32 Å². The number of fused-ring (bicyclic) bond motifs is 1. The second kappa shape index (κ2) is 4.67. The SMILES string of the molecule is Clc1ccc(Nc2nc3c(s2)CCCC3)cc1. The summed E-state index contributed by atoms with van der Waals surface area (Å²) in [5, 5.41) is 5.09. The van der Waals surface area contributed by atoms with E-state index in [0.29, 0.717) is 0 Å². The third kappa shape index (κ3) is 2.45. The molecule has 0 amide bonds. The smallest absolute Gasteiger partial charge is 0.187 e. The lowest BCUT2D eigenvalue weighted by atomic mass is 10.0. The number of benzene rings is 1. The Morgan fingerprint density at radius 2 is 1.88 bits per heavy atom. The first-order valence-electron chi connectivity index (χ1n) is 5.82. The van der Waals surface area contributed by atoms with Gasteiger partial charge in [-0.25, -0.2) is 4.98 Å². The summed E-state index contributed by atoms with van der Waals surface area (Å²) in [5.41, 5.74) is 2.33. The van der Waals surface area contributed by atoms with Crippen LogP contribution in [0.15, 0.2) is 24.3 Å². The van der Waals surface area contributed by atoms with Gasteiger partial charge in [0, 0.05) is 15.6 Å². The van der Waals surface area contributed by atoms with Crippen molar-refractivity contribution in [2.45, 2.75) is 25.7 Å². The lowest BCUT2D eigenvalue weighted by molar-refractivity contribution is 0.683. The van der Waals surface area contributed by atoms with Crippen LogP contribution in [0.1, 0.15) is 23.4 Å². The highest BCUT2D eigenvalue weighted by molar-refractivity contribution is 7.15. The van der Waals surface area contributed by atoms with Crippen molar-refractivity contribution in [1.29, 1.82) is 0 Å². The zero-order chi connectivity index (χ0) is 11.7. The minimum Gasteiger partial charge on any atom is -0.332 e. The Morgan fingerprint density at radius 1 is 1.12 bits per heavy atom. The largest absolute Gasteiger partial charge is 0.332 e. The van der Waals surface area contributed by atoms with E-state index >= 15 is 0 Å². The van der Waals surface area contributed by atoms with Crippen LogP contribution in [0.2, 0.25) is 5.02 Å². The molecule has 0 radical (unpaired) electrons. The fourth-order valence-corrected chi connectivity index (χ4v) is 3.26. The lowest BCUT2D eigenvalue weighted by Crippen LogP contribution is -1.99. The van der Waals surface area contributed by atoms with E-state index in [1.807, 2.05) is 24.3 Å². The Balaban J connectivity index is 1.80. The topological polar surface area (TPSA) is 24.9 Å². The summed E-state index contributed by atoms with van der Waals surface area (Å²) >= 11 is 7.64. The fraction of sp³-hybridized carbons (Fsp3) is 0.308. The normalized spacial score (nSPS) is 14.4. The minimum absolute atomic E-state index is 0.758. The Hall–Kier alpha value is -1.06. The summed E-state index contributed by atoms with van der Waals surface area (Å²) in [6.07, 6.45) is 4.90. The van der Waals surface area contributed by atoms with Crippen molar-refractivity contribution in [2.24, 2.45) is 0 Å². The molecule has 1 aromatic carbocycles. The summed E-state index contributed by atoms with van der Waals surface area (Å²) < 4.78 is 0. The maximum absolute atomic E-state index is 5.86. The van der Waals surface area contributed by atoms with Crippen LogP contribution in [-0.2, 0) is 12.8 Å². The molecule has 2 nitrogen and oxygen atoms in total. The predicted octanol–water partition coefficient (Wildman–Crippen LogP) is 4.42. The molecule has 0 bridgehead atoms. The van der Waals surface area contributed by atoms with Crippen LogP contribution >= 0.6 is 22.9 Å². The van der Waals surface area contributed by atoms with E-state index in [1.165, 1.54) is 29.8 Å². The standard InChI is InChI=1S/C13H13ClN2S/c14-9-5-7-10(8-6-9)15-13-16-11-3-1-2-4-12(11)17-13/h5-8H,1-4H2,(H,15,16). The van der Waals surface area contributed by atoms with E-state index in [1.54, 1.807) is 11.3 Å². The molecule has 1 aromatic heterocycles. The molecule has 1 N–H and O–H groups in total. The Morgan fingerprint density at radius 3 is 2.65 bits per heavy atom. The number of halogens is 1. The highest BCUT2D eigenvalue weighted by Gasteiger charge is 2.14. The lowest BCUT2D eigenvalue weighted by Gasteiger charge is -2.06. The van der Waals surface area contributed by atoms with Gasteiger partial charge < -0.3 is 5.32 Å². The quantitative estimate of drug-likeness (QED) is 0.869. The molecule has 17 heavy (non-hydrogen) atoms. The summed E-state index contributed by atoms with van der Waals surface area (Å²) in [4.78, 5) is 6.09. The number of anilines is 2. The Bertz CT molecular complexity index is 495. The van der Waals surface area contributed by atoms with E-state index in [9.17, 15) is 0 Å². The van der Waals surface area contributed by atoms with Crippen molar-refractivity contribution in [2.75, 3.05) is 5.32 Å². The molecule has 1 aliphatic carbocycles. The van der Waals surface area contributed by atoms with Crippen molar-refractivity contribution in [3.8, 4) is 0 Å². The number of rotatable bonds is 2. The van der Waals surface area contributed by atoms with Crippen LogP contribution in [0.4, 0.5) is 10.8 Å². The van der Waals surface area contributed by atoms with E-state index < -0.39 is 0 Å². The third-order valence-corrected chi connectivity index (χ3v) is 4.27. The number of aromatic nitrogens is 1. The number of aryl methyl sites for hydroxylation is 2. The van der Waals surface area contributed by atoms with Gasteiger partial charge in [0.1, 0.15) is 0 Å². The molecule has 0 atom stereocenters. The molecule has 0 saturated heterocycles. The van der Waals surface area contributed by atoms with Crippen LogP contribution in [0.3, 0.4) is 0 Å². The van der Waals surface area contributed by atoms with Gasteiger partial charge in [0.05, 0.1) is 5.69 Å². The van der Waals surface area contributed by atoms with Gasteiger partial charge in [-0.3, -0.25) is 0 Å². The number of nitrogens with one attached hydrogen (secondary N) is 1. The van der Waals surface area contributed by atoms with E-state index in [-0.39, 0.29) is 0 Å². The van der Waals surface area contributed by atoms with Gasteiger partial charge in [0.2, 0.25) is 0 Å². The number of hydrogen-bond acceptors (Lipinski definition) is 3. The van der Waals surface area contributed by atoms with Gasteiger partial charge in [-0.05, 0) is 49.9 Å². The highest BCUT2D eigenvalue weighted by atomic mass is 35.5.